The summed E-state index contributed by atoms with van der Waals surface area (Å²) in [7, 11) is 0. The van der Waals surface area contributed by atoms with Crippen molar-refractivity contribution in [3.63, 3.8) is 0 Å². The molecule has 3 aliphatic rings. The van der Waals surface area contributed by atoms with Gasteiger partial charge in [-0.15, -0.1) is 18.3 Å². The summed E-state index contributed by atoms with van der Waals surface area (Å²) < 4.78 is 0. The summed E-state index contributed by atoms with van der Waals surface area (Å²) in [5.74, 6) is 1.61. The van der Waals surface area contributed by atoms with E-state index in [0.29, 0.717) is 0 Å². The molecule has 1 unspecified atom stereocenters. The zero-order chi connectivity index (χ0) is 14.7. The number of hydrogen-bond donors (Lipinski definition) is 1. The number of nitrogens with one attached hydrogen (secondary N) is 1. The second-order valence-electron chi connectivity index (χ2n) is 6.31. The van der Waals surface area contributed by atoms with Crippen molar-refractivity contribution in [3.8, 4) is 0 Å². The SMILES string of the molecule is C=C[C@H]1CN2CC[C@@H]1C[C@H]2CNCc1ccc(SC)cc1. The molecular formula is C18H26N2S. The topological polar surface area (TPSA) is 15.3 Å². The second kappa shape index (κ2) is 6.99. The number of nitrogens with zero attached hydrogens (tertiary/aromatic N) is 1. The van der Waals surface area contributed by atoms with Gasteiger partial charge in [0.25, 0.3) is 0 Å². The maximum absolute atomic E-state index is 4.00. The lowest BCUT2D eigenvalue weighted by Crippen LogP contribution is -2.55. The summed E-state index contributed by atoms with van der Waals surface area (Å²) in [4.78, 5) is 4.00. The molecule has 114 valence electrons. The van der Waals surface area contributed by atoms with Crippen LogP contribution in [0.25, 0.3) is 0 Å². The van der Waals surface area contributed by atoms with Crippen LogP contribution in [0, 0.1) is 11.8 Å². The standard InChI is InChI=1S/C18H26N2S/c1-3-15-13-20-9-8-16(15)10-17(20)12-19-11-14-4-6-18(21-2)7-5-14/h3-7,15-17,19H,1,8-13H2,2H3/t15-,16+,17-/m0/s1. The number of hydrogen-bond acceptors (Lipinski definition) is 3. The smallest absolute Gasteiger partial charge is 0.0223 e. The van der Waals surface area contributed by atoms with Gasteiger partial charge in [0.15, 0.2) is 0 Å². The van der Waals surface area contributed by atoms with Crippen LogP contribution in [0.1, 0.15) is 18.4 Å². The van der Waals surface area contributed by atoms with E-state index in [1.165, 1.54) is 36.4 Å². The maximum Gasteiger partial charge on any atom is 0.0223 e. The molecule has 1 aromatic rings. The highest BCUT2D eigenvalue weighted by Crippen LogP contribution is 2.36. The zero-order valence-electron chi connectivity index (χ0n) is 12.9. The van der Waals surface area contributed by atoms with E-state index in [2.05, 4.69) is 53.4 Å². The van der Waals surface area contributed by atoms with Crippen molar-refractivity contribution < 1.29 is 0 Å². The number of benzene rings is 1. The first-order valence-electron chi connectivity index (χ1n) is 8.00. The van der Waals surface area contributed by atoms with E-state index in [1.807, 2.05) is 0 Å². The van der Waals surface area contributed by atoms with Crippen LogP contribution in [0.3, 0.4) is 0 Å². The molecule has 0 saturated carbocycles. The second-order valence-corrected chi connectivity index (χ2v) is 7.19. The third-order valence-electron chi connectivity index (χ3n) is 5.10. The Morgan fingerprint density at radius 1 is 1.38 bits per heavy atom. The predicted molar refractivity (Wildman–Crippen MR) is 91.7 cm³/mol. The summed E-state index contributed by atoms with van der Waals surface area (Å²) in [5, 5.41) is 3.65. The molecule has 3 fully saturated rings. The molecular weight excluding hydrogens is 276 g/mol. The Balaban J connectivity index is 1.46. The summed E-state index contributed by atoms with van der Waals surface area (Å²) in [6.07, 6.45) is 7.00. The highest BCUT2D eigenvalue weighted by atomic mass is 32.2. The minimum Gasteiger partial charge on any atom is -0.311 e. The third-order valence-corrected chi connectivity index (χ3v) is 5.84. The van der Waals surface area contributed by atoms with Crippen LogP contribution in [0.2, 0.25) is 0 Å². The molecule has 0 amide bonds. The fourth-order valence-electron chi connectivity index (χ4n) is 3.79. The van der Waals surface area contributed by atoms with Crippen molar-refractivity contribution in [1.82, 2.24) is 10.2 Å². The van der Waals surface area contributed by atoms with E-state index >= 15 is 0 Å². The van der Waals surface area contributed by atoms with Gasteiger partial charge in [0.05, 0.1) is 0 Å². The first-order valence-corrected chi connectivity index (χ1v) is 9.23. The number of piperidine rings is 3. The van der Waals surface area contributed by atoms with Crippen molar-refractivity contribution in [1.29, 1.82) is 0 Å². The molecule has 4 rings (SSSR count). The van der Waals surface area contributed by atoms with Gasteiger partial charge in [-0.05, 0) is 55.2 Å². The van der Waals surface area contributed by atoms with Crippen LogP contribution in [0.4, 0.5) is 0 Å². The molecule has 0 spiro atoms. The number of rotatable bonds is 6. The Morgan fingerprint density at radius 3 is 2.81 bits per heavy atom. The van der Waals surface area contributed by atoms with E-state index in [9.17, 15) is 0 Å². The predicted octanol–water partition coefficient (Wildman–Crippen LogP) is 3.39. The van der Waals surface area contributed by atoms with E-state index in [4.69, 9.17) is 0 Å². The average molecular weight is 302 g/mol. The Bertz CT molecular complexity index is 471. The first-order chi connectivity index (χ1) is 10.3. The monoisotopic (exact) mass is 302 g/mol. The summed E-state index contributed by atoms with van der Waals surface area (Å²) in [6.45, 7) is 8.60. The normalized spacial score (nSPS) is 31.3. The molecule has 2 nitrogen and oxygen atoms in total. The van der Waals surface area contributed by atoms with Crippen LogP contribution >= 0.6 is 11.8 Å². The van der Waals surface area contributed by atoms with Gasteiger partial charge in [0, 0.05) is 30.6 Å². The molecule has 0 radical (unpaired) electrons. The van der Waals surface area contributed by atoms with Gasteiger partial charge >= 0.3 is 0 Å². The molecule has 1 aromatic carbocycles. The third kappa shape index (κ3) is 3.53. The Labute approximate surface area is 133 Å². The van der Waals surface area contributed by atoms with E-state index < -0.39 is 0 Å². The van der Waals surface area contributed by atoms with E-state index in [-0.39, 0.29) is 0 Å². The van der Waals surface area contributed by atoms with Gasteiger partial charge in [-0.25, -0.2) is 0 Å². The lowest BCUT2D eigenvalue weighted by Gasteiger charge is -2.49. The average Bonchev–Trinajstić information content (AvgIpc) is 2.56. The van der Waals surface area contributed by atoms with Crippen LogP contribution in [0.15, 0.2) is 41.8 Å². The maximum atomic E-state index is 4.00. The Hall–Kier alpha value is -0.770. The van der Waals surface area contributed by atoms with Gasteiger partial charge in [0.2, 0.25) is 0 Å². The Kier molecular flexibility index (Phi) is 5.04. The highest BCUT2D eigenvalue weighted by Gasteiger charge is 2.38. The minimum atomic E-state index is 0.727. The van der Waals surface area contributed by atoms with Crippen molar-refractivity contribution in [2.75, 3.05) is 25.9 Å². The Morgan fingerprint density at radius 2 is 2.19 bits per heavy atom. The summed E-state index contributed by atoms with van der Waals surface area (Å²) >= 11 is 1.80. The van der Waals surface area contributed by atoms with E-state index in [0.717, 1.165) is 31.0 Å². The fraction of sp³-hybridized carbons (Fsp3) is 0.556. The molecule has 21 heavy (non-hydrogen) atoms. The molecule has 3 saturated heterocycles. The van der Waals surface area contributed by atoms with Crippen molar-refractivity contribution >= 4 is 11.8 Å². The van der Waals surface area contributed by atoms with Crippen LogP contribution in [0.5, 0.6) is 0 Å². The van der Waals surface area contributed by atoms with Crippen LogP contribution in [-0.2, 0) is 6.54 Å². The molecule has 4 atom stereocenters. The fourth-order valence-corrected chi connectivity index (χ4v) is 4.19. The number of thioether (sulfide) groups is 1. The quantitative estimate of drug-likeness (QED) is 0.640. The molecule has 0 aromatic heterocycles. The van der Waals surface area contributed by atoms with Crippen molar-refractivity contribution in [2.24, 2.45) is 11.8 Å². The van der Waals surface area contributed by atoms with Gasteiger partial charge < -0.3 is 5.32 Å². The van der Waals surface area contributed by atoms with Crippen LogP contribution < -0.4 is 5.32 Å². The summed E-state index contributed by atoms with van der Waals surface area (Å²) in [5.41, 5.74) is 1.38. The number of fused-ring (bicyclic) bond motifs is 3. The van der Waals surface area contributed by atoms with Gasteiger partial charge in [-0.2, -0.15) is 0 Å². The van der Waals surface area contributed by atoms with Crippen LogP contribution in [-0.4, -0.2) is 36.8 Å². The lowest BCUT2D eigenvalue weighted by atomic mass is 9.75. The van der Waals surface area contributed by atoms with E-state index in [1.54, 1.807) is 11.8 Å². The van der Waals surface area contributed by atoms with Gasteiger partial charge in [-0.3, -0.25) is 4.90 Å². The van der Waals surface area contributed by atoms with Gasteiger partial charge in [0.1, 0.15) is 0 Å². The highest BCUT2D eigenvalue weighted by molar-refractivity contribution is 7.98. The lowest BCUT2D eigenvalue weighted by molar-refractivity contribution is 0.0195. The van der Waals surface area contributed by atoms with Crippen molar-refractivity contribution in [3.05, 3.63) is 42.5 Å². The minimum absolute atomic E-state index is 0.727. The zero-order valence-corrected chi connectivity index (χ0v) is 13.7. The van der Waals surface area contributed by atoms with Crippen molar-refractivity contribution in [2.45, 2.75) is 30.3 Å². The largest absolute Gasteiger partial charge is 0.311 e. The molecule has 0 aliphatic carbocycles. The first kappa shape index (κ1) is 15.1. The molecule has 2 bridgehead atoms. The summed E-state index contributed by atoms with van der Waals surface area (Å²) in [6, 6.07) is 9.62. The molecule has 3 aliphatic heterocycles. The molecule has 1 N–H and O–H groups in total. The molecule has 3 heteroatoms. The molecule has 3 heterocycles. The van der Waals surface area contributed by atoms with Gasteiger partial charge in [-0.1, -0.05) is 18.2 Å².